The molecule has 1 aromatic heterocycles. The van der Waals surface area contributed by atoms with E-state index in [0.717, 1.165) is 55.7 Å². The van der Waals surface area contributed by atoms with Gasteiger partial charge in [-0.1, -0.05) is 152 Å². The maximum atomic E-state index is 6.24. The van der Waals surface area contributed by atoms with E-state index in [-0.39, 0.29) is 0 Å². The van der Waals surface area contributed by atoms with Crippen molar-refractivity contribution in [2.45, 2.75) is 0 Å². The topological polar surface area (TPSA) is 16.4 Å². The highest BCUT2D eigenvalue weighted by Gasteiger charge is 2.16. The van der Waals surface area contributed by atoms with Gasteiger partial charge in [0.05, 0.1) is 0 Å². The fourth-order valence-electron chi connectivity index (χ4n) is 8.46. The number of hydrogen-bond acceptors (Lipinski definition) is 2. The summed E-state index contributed by atoms with van der Waals surface area (Å²) in [5.74, 6) is 0. The zero-order valence-electron chi connectivity index (χ0n) is 30.6. The molecule has 0 aliphatic rings. The molecule has 0 saturated carbocycles. The zero-order valence-corrected chi connectivity index (χ0v) is 30.6. The molecule has 0 aliphatic carbocycles. The predicted molar refractivity (Wildman–Crippen MR) is 237 cm³/mol. The number of benzene rings is 10. The third-order valence-corrected chi connectivity index (χ3v) is 11.2. The molecule has 0 aliphatic heterocycles. The smallest absolute Gasteiger partial charge is 0.136 e. The number of fused-ring (bicyclic) bond motifs is 7. The highest BCUT2D eigenvalue weighted by molar-refractivity contribution is 6.09. The summed E-state index contributed by atoms with van der Waals surface area (Å²) in [5, 5.41) is 9.77. The third-order valence-electron chi connectivity index (χ3n) is 11.2. The van der Waals surface area contributed by atoms with Crippen molar-refractivity contribution in [3.8, 4) is 33.4 Å². The maximum absolute atomic E-state index is 6.24. The second kappa shape index (κ2) is 13.2. The van der Waals surface area contributed by atoms with Gasteiger partial charge in [-0.25, -0.2) is 0 Å². The van der Waals surface area contributed by atoms with E-state index in [9.17, 15) is 0 Å². The van der Waals surface area contributed by atoms with Crippen LogP contribution < -0.4 is 4.90 Å². The lowest BCUT2D eigenvalue weighted by molar-refractivity contribution is 0.669. The van der Waals surface area contributed by atoms with E-state index < -0.39 is 0 Å². The fourth-order valence-corrected chi connectivity index (χ4v) is 8.46. The average molecular weight is 714 g/mol. The largest absolute Gasteiger partial charge is 0.456 e. The molecule has 0 atom stereocenters. The van der Waals surface area contributed by atoms with E-state index in [2.05, 4.69) is 205 Å². The van der Waals surface area contributed by atoms with Crippen LogP contribution in [0.1, 0.15) is 0 Å². The molecule has 0 N–H and O–H groups in total. The molecule has 11 aromatic rings. The Morgan fingerprint density at radius 2 is 0.821 bits per heavy atom. The lowest BCUT2D eigenvalue weighted by Gasteiger charge is -2.27. The molecular formula is C54H35NO. The number of para-hydroxylation sites is 1. The SMILES string of the molecule is c1cc(-c2cccc(N(c3ccc(-c4ccc5c(c4)oc4ccccc45)cc3)c3ccc4c(ccc5ccccc54)c3)c2)cc(-c2cccc3ccccc23)c1. The number of furan rings is 1. The molecule has 0 unspecified atom stereocenters. The minimum absolute atomic E-state index is 0.902. The van der Waals surface area contributed by atoms with Crippen LogP contribution in [-0.4, -0.2) is 0 Å². The van der Waals surface area contributed by atoms with Gasteiger partial charge in [0.1, 0.15) is 11.2 Å². The quantitative estimate of drug-likeness (QED) is 0.160. The minimum atomic E-state index is 0.902. The fraction of sp³-hybridized carbons (Fsp3) is 0. The van der Waals surface area contributed by atoms with Gasteiger partial charge >= 0.3 is 0 Å². The van der Waals surface area contributed by atoms with Gasteiger partial charge in [-0.15, -0.1) is 0 Å². The highest BCUT2D eigenvalue weighted by atomic mass is 16.3. The molecule has 2 nitrogen and oxygen atoms in total. The lowest BCUT2D eigenvalue weighted by Crippen LogP contribution is -2.10. The Labute approximate surface area is 325 Å². The van der Waals surface area contributed by atoms with Gasteiger partial charge in [0.15, 0.2) is 0 Å². The van der Waals surface area contributed by atoms with Crippen LogP contribution in [0.15, 0.2) is 217 Å². The summed E-state index contributed by atoms with van der Waals surface area (Å²) < 4.78 is 6.24. The highest BCUT2D eigenvalue weighted by Crippen LogP contribution is 2.41. The first-order valence-electron chi connectivity index (χ1n) is 19.2. The monoisotopic (exact) mass is 713 g/mol. The van der Waals surface area contributed by atoms with Crippen LogP contribution >= 0.6 is 0 Å². The van der Waals surface area contributed by atoms with Crippen molar-refractivity contribution < 1.29 is 4.42 Å². The molecular weight excluding hydrogens is 679 g/mol. The number of hydrogen-bond donors (Lipinski definition) is 0. The molecule has 2 heteroatoms. The van der Waals surface area contributed by atoms with Crippen molar-refractivity contribution in [2.75, 3.05) is 4.90 Å². The molecule has 10 aromatic carbocycles. The van der Waals surface area contributed by atoms with E-state index in [1.54, 1.807) is 0 Å². The molecule has 56 heavy (non-hydrogen) atoms. The van der Waals surface area contributed by atoms with Gasteiger partial charge in [0.2, 0.25) is 0 Å². The summed E-state index contributed by atoms with van der Waals surface area (Å²) in [6.45, 7) is 0. The number of nitrogens with zero attached hydrogens (tertiary/aromatic N) is 1. The molecule has 0 radical (unpaired) electrons. The summed E-state index contributed by atoms with van der Waals surface area (Å²) >= 11 is 0. The van der Waals surface area contributed by atoms with Gasteiger partial charge in [-0.3, -0.25) is 0 Å². The van der Waals surface area contributed by atoms with E-state index in [4.69, 9.17) is 4.42 Å². The second-order valence-electron chi connectivity index (χ2n) is 14.5. The van der Waals surface area contributed by atoms with Gasteiger partial charge in [0, 0.05) is 27.8 Å². The Hall–Kier alpha value is -7.42. The van der Waals surface area contributed by atoms with Crippen molar-refractivity contribution in [1.29, 1.82) is 0 Å². The molecule has 0 saturated heterocycles. The van der Waals surface area contributed by atoms with Gasteiger partial charge in [0.25, 0.3) is 0 Å². The maximum Gasteiger partial charge on any atom is 0.136 e. The minimum Gasteiger partial charge on any atom is -0.456 e. The summed E-state index contributed by atoms with van der Waals surface area (Å²) in [6, 6.07) is 76.6. The Balaban J connectivity index is 1.02. The van der Waals surface area contributed by atoms with Gasteiger partial charge in [-0.2, -0.15) is 0 Å². The van der Waals surface area contributed by atoms with Crippen LogP contribution in [0.5, 0.6) is 0 Å². The van der Waals surface area contributed by atoms with Gasteiger partial charge < -0.3 is 9.32 Å². The average Bonchev–Trinajstić information content (AvgIpc) is 3.65. The summed E-state index contributed by atoms with van der Waals surface area (Å²) in [4.78, 5) is 2.37. The summed E-state index contributed by atoms with van der Waals surface area (Å²) in [6.07, 6.45) is 0. The van der Waals surface area contributed by atoms with Crippen LogP contribution in [0.4, 0.5) is 17.1 Å². The molecule has 1 heterocycles. The molecule has 0 spiro atoms. The van der Waals surface area contributed by atoms with Crippen molar-refractivity contribution in [3.05, 3.63) is 212 Å². The Morgan fingerprint density at radius 1 is 0.268 bits per heavy atom. The van der Waals surface area contributed by atoms with Crippen LogP contribution in [0.2, 0.25) is 0 Å². The summed E-state index contributed by atoms with van der Waals surface area (Å²) in [7, 11) is 0. The van der Waals surface area contributed by atoms with Crippen LogP contribution in [0.25, 0.3) is 87.6 Å². The van der Waals surface area contributed by atoms with Crippen molar-refractivity contribution in [1.82, 2.24) is 0 Å². The first kappa shape index (κ1) is 32.0. The van der Waals surface area contributed by atoms with E-state index >= 15 is 0 Å². The third kappa shape index (κ3) is 5.51. The first-order valence-corrected chi connectivity index (χ1v) is 19.2. The van der Waals surface area contributed by atoms with E-state index in [1.807, 2.05) is 12.1 Å². The molecule has 0 amide bonds. The Morgan fingerprint density at radius 3 is 1.70 bits per heavy atom. The van der Waals surface area contributed by atoms with Crippen molar-refractivity contribution in [3.63, 3.8) is 0 Å². The lowest BCUT2D eigenvalue weighted by atomic mass is 9.95. The zero-order chi connectivity index (χ0) is 37.0. The van der Waals surface area contributed by atoms with Crippen LogP contribution in [0, 0.1) is 0 Å². The normalized spacial score (nSPS) is 11.6. The van der Waals surface area contributed by atoms with Gasteiger partial charge in [-0.05, 0) is 126 Å². The van der Waals surface area contributed by atoms with Crippen molar-refractivity contribution in [2.24, 2.45) is 0 Å². The van der Waals surface area contributed by atoms with E-state index in [1.165, 1.54) is 49.0 Å². The first-order chi connectivity index (χ1) is 27.7. The molecule has 262 valence electrons. The molecule has 0 bridgehead atoms. The number of anilines is 3. The van der Waals surface area contributed by atoms with Crippen molar-refractivity contribution >= 4 is 71.3 Å². The predicted octanol–water partition coefficient (Wildman–Crippen LogP) is 15.5. The van der Waals surface area contributed by atoms with Crippen LogP contribution in [-0.2, 0) is 0 Å². The standard InChI is InChI=1S/C54H35NO/c1-3-17-47-37(10-1)12-9-20-49(47)42-15-7-13-39(32-42)40-14-8-16-45(33-40)55(46-29-31-50-43(34-46)23-22-38-11-2-4-18-48(38)50)44-27-24-36(25-28-44)41-26-30-52-51-19-5-6-21-53(51)56-54(52)35-41/h1-35H. The Bertz CT molecular complexity index is 3260. The molecule has 11 rings (SSSR count). The summed E-state index contributed by atoms with van der Waals surface area (Å²) in [5.41, 5.74) is 12.2. The second-order valence-corrected chi connectivity index (χ2v) is 14.5. The molecule has 0 fully saturated rings. The van der Waals surface area contributed by atoms with Crippen LogP contribution in [0.3, 0.4) is 0 Å². The van der Waals surface area contributed by atoms with E-state index in [0.29, 0.717) is 0 Å². The Kier molecular flexibility index (Phi) is 7.53. The number of rotatable bonds is 6.